The van der Waals surface area contributed by atoms with Crippen LogP contribution in [0.15, 0.2) is 29.0 Å². The molecule has 0 aliphatic heterocycles. The second-order valence-corrected chi connectivity index (χ2v) is 4.25. The summed E-state index contributed by atoms with van der Waals surface area (Å²) in [6.45, 7) is 1.95. The zero-order valence-corrected chi connectivity index (χ0v) is 10.4. The molecule has 0 atom stereocenters. The van der Waals surface area contributed by atoms with Crippen molar-refractivity contribution in [3.63, 3.8) is 0 Å². The predicted octanol–water partition coefficient (Wildman–Crippen LogP) is 3.27. The molecule has 2 aromatic heterocycles. The minimum absolute atomic E-state index is 0.568. The highest BCUT2D eigenvalue weighted by Crippen LogP contribution is 2.19. The Kier molecular flexibility index (Phi) is 2.93. The van der Waals surface area contributed by atoms with Gasteiger partial charge in [0.2, 0.25) is 0 Å². The van der Waals surface area contributed by atoms with Crippen molar-refractivity contribution < 1.29 is 0 Å². The maximum absolute atomic E-state index is 5.13. The van der Waals surface area contributed by atoms with Gasteiger partial charge in [0, 0.05) is 23.7 Å². The number of hydrogen-bond donors (Lipinski definition) is 1. The maximum Gasteiger partial charge on any atom is 0.144 e. The standard InChI is InChI=1S/C10H8BrN3S/c1-6-8(11)10(15)14-9(13-6)7-2-4-12-5-3-7/h2-5H,1H3,(H,13,14,15). The zero-order chi connectivity index (χ0) is 10.8. The largest absolute Gasteiger partial charge is 0.342 e. The quantitative estimate of drug-likeness (QED) is 0.816. The highest BCUT2D eigenvalue weighted by atomic mass is 79.9. The molecular formula is C10H8BrN3S. The van der Waals surface area contributed by atoms with Gasteiger partial charge in [0.15, 0.2) is 0 Å². The predicted molar refractivity (Wildman–Crippen MR) is 65.1 cm³/mol. The topological polar surface area (TPSA) is 41.6 Å². The summed E-state index contributed by atoms with van der Waals surface area (Å²) >= 11 is 8.51. The summed E-state index contributed by atoms with van der Waals surface area (Å²) in [6, 6.07) is 3.78. The molecule has 0 spiro atoms. The van der Waals surface area contributed by atoms with E-state index in [1.165, 1.54) is 0 Å². The van der Waals surface area contributed by atoms with Crippen LogP contribution in [0.5, 0.6) is 0 Å². The van der Waals surface area contributed by atoms with Crippen LogP contribution in [-0.4, -0.2) is 15.0 Å². The van der Waals surface area contributed by atoms with Gasteiger partial charge < -0.3 is 4.98 Å². The molecule has 2 aromatic rings. The van der Waals surface area contributed by atoms with E-state index in [1.807, 2.05) is 19.1 Å². The molecular weight excluding hydrogens is 274 g/mol. The van der Waals surface area contributed by atoms with Crippen molar-refractivity contribution >= 4 is 28.1 Å². The summed E-state index contributed by atoms with van der Waals surface area (Å²) in [6.07, 6.45) is 3.45. The van der Waals surface area contributed by atoms with Gasteiger partial charge in [-0.1, -0.05) is 12.2 Å². The minimum atomic E-state index is 0.568. The van der Waals surface area contributed by atoms with Crippen LogP contribution in [-0.2, 0) is 0 Å². The molecule has 0 aliphatic rings. The van der Waals surface area contributed by atoms with Crippen molar-refractivity contribution in [1.82, 2.24) is 15.0 Å². The Morgan fingerprint density at radius 3 is 2.60 bits per heavy atom. The van der Waals surface area contributed by atoms with Gasteiger partial charge in [0.05, 0.1) is 4.47 Å². The van der Waals surface area contributed by atoms with Gasteiger partial charge in [-0.05, 0) is 35.0 Å². The molecule has 1 N–H and O–H groups in total. The van der Waals surface area contributed by atoms with Crippen LogP contribution in [0.3, 0.4) is 0 Å². The number of nitrogens with one attached hydrogen (secondary N) is 1. The summed E-state index contributed by atoms with van der Waals surface area (Å²) in [7, 11) is 0. The van der Waals surface area contributed by atoms with Crippen molar-refractivity contribution in [3.8, 4) is 11.4 Å². The molecule has 2 heterocycles. The number of nitrogens with zero attached hydrogens (tertiary/aromatic N) is 2. The van der Waals surface area contributed by atoms with Gasteiger partial charge >= 0.3 is 0 Å². The molecule has 0 bridgehead atoms. The number of pyridine rings is 1. The first-order valence-electron chi connectivity index (χ1n) is 4.35. The Bertz CT molecular complexity index is 536. The third kappa shape index (κ3) is 2.13. The van der Waals surface area contributed by atoms with E-state index >= 15 is 0 Å². The average Bonchev–Trinajstić information content (AvgIpc) is 2.26. The normalized spacial score (nSPS) is 10.3. The Morgan fingerprint density at radius 2 is 2.00 bits per heavy atom. The lowest BCUT2D eigenvalue weighted by Crippen LogP contribution is -1.94. The Balaban J connectivity index is 2.61. The third-order valence-electron chi connectivity index (χ3n) is 1.99. The smallest absolute Gasteiger partial charge is 0.144 e. The van der Waals surface area contributed by atoms with E-state index in [0.29, 0.717) is 4.64 Å². The van der Waals surface area contributed by atoms with Gasteiger partial charge in [0.1, 0.15) is 10.5 Å². The Morgan fingerprint density at radius 1 is 1.33 bits per heavy atom. The first-order valence-corrected chi connectivity index (χ1v) is 5.55. The molecule has 3 nitrogen and oxygen atoms in total. The van der Waals surface area contributed by atoms with Gasteiger partial charge in [-0.25, -0.2) is 4.98 Å². The fourth-order valence-corrected chi connectivity index (χ4v) is 1.65. The van der Waals surface area contributed by atoms with Crippen LogP contribution in [0.25, 0.3) is 11.4 Å². The van der Waals surface area contributed by atoms with Crippen molar-refractivity contribution in [1.29, 1.82) is 0 Å². The molecule has 0 fully saturated rings. The van der Waals surface area contributed by atoms with Crippen LogP contribution in [0, 0.1) is 11.6 Å². The Hall–Kier alpha value is -1.07. The van der Waals surface area contributed by atoms with E-state index in [1.54, 1.807) is 12.4 Å². The van der Waals surface area contributed by atoms with E-state index in [9.17, 15) is 0 Å². The number of aromatic nitrogens is 3. The summed E-state index contributed by atoms with van der Waals surface area (Å²) in [5, 5.41) is 0. The average molecular weight is 282 g/mol. The number of rotatable bonds is 1. The SMILES string of the molecule is Cc1[nH]c(-c2ccncc2)nc(=S)c1Br. The molecule has 2 rings (SSSR count). The van der Waals surface area contributed by atoms with Crippen molar-refractivity contribution in [2.75, 3.05) is 0 Å². The van der Waals surface area contributed by atoms with Crippen molar-refractivity contribution in [2.45, 2.75) is 6.92 Å². The van der Waals surface area contributed by atoms with Crippen LogP contribution in [0.1, 0.15) is 5.69 Å². The summed E-state index contributed by atoms with van der Waals surface area (Å²) in [4.78, 5) is 11.4. The van der Waals surface area contributed by atoms with Gasteiger partial charge in [0.25, 0.3) is 0 Å². The second-order valence-electron chi connectivity index (χ2n) is 3.07. The number of halogens is 1. The molecule has 76 valence electrons. The fourth-order valence-electron chi connectivity index (χ4n) is 1.22. The molecule has 0 aromatic carbocycles. The van der Waals surface area contributed by atoms with Gasteiger partial charge in [-0.2, -0.15) is 0 Å². The van der Waals surface area contributed by atoms with Crippen LogP contribution in [0.2, 0.25) is 0 Å². The van der Waals surface area contributed by atoms with Gasteiger partial charge in [-0.3, -0.25) is 4.98 Å². The van der Waals surface area contributed by atoms with E-state index < -0.39 is 0 Å². The molecule has 0 saturated heterocycles. The number of hydrogen-bond acceptors (Lipinski definition) is 3. The lowest BCUT2D eigenvalue weighted by Gasteiger charge is -2.04. The van der Waals surface area contributed by atoms with Gasteiger partial charge in [-0.15, -0.1) is 0 Å². The van der Waals surface area contributed by atoms with Crippen LogP contribution in [0.4, 0.5) is 0 Å². The van der Waals surface area contributed by atoms with E-state index in [4.69, 9.17) is 12.2 Å². The number of aryl methyl sites for hydroxylation is 1. The highest BCUT2D eigenvalue weighted by Gasteiger charge is 2.03. The van der Waals surface area contributed by atoms with E-state index in [0.717, 1.165) is 21.6 Å². The first kappa shape index (κ1) is 10.4. The molecule has 0 amide bonds. The maximum atomic E-state index is 5.13. The number of H-pyrrole nitrogens is 1. The molecule has 0 saturated carbocycles. The fraction of sp³-hybridized carbons (Fsp3) is 0.100. The molecule has 5 heteroatoms. The first-order chi connectivity index (χ1) is 7.18. The highest BCUT2D eigenvalue weighted by molar-refractivity contribution is 9.10. The summed E-state index contributed by atoms with van der Waals surface area (Å²) < 4.78 is 1.41. The Labute approximate surface area is 101 Å². The summed E-state index contributed by atoms with van der Waals surface area (Å²) in [5.41, 5.74) is 1.95. The lowest BCUT2D eigenvalue weighted by atomic mass is 10.2. The van der Waals surface area contributed by atoms with E-state index in [-0.39, 0.29) is 0 Å². The molecule has 15 heavy (non-hydrogen) atoms. The van der Waals surface area contributed by atoms with Crippen molar-refractivity contribution in [3.05, 3.63) is 39.3 Å². The number of aromatic amines is 1. The zero-order valence-electron chi connectivity index (χ0n) is 7.99. The lowest BCUT2D eigenvalue weighted by molar-refractivity contribution is 1.08. The molecule has 0 radical (unpaired) electrons. The monoisotopic (exact) mass is 281 g/mol. The van der Waals surface area contributed by atoms with Crippen LogP contribution < -0.4 is 0 Å². The summed E-state index contributed by atoms with van der Waals surface area (Å²) in [5.74, 6) is 0.767. The molecule has 0 unspecified atom stereocenters. The molecule has 0 aliphatic carbocycles. The minimum Gasteiger partial charge on any atom is -0.342 e. The third-order valence-corrected chi connectivity index (χ3v) is 3.52. The van der Waals surface area contributed by atoms with Crippen molar-refractivity contribution in [2.24, 2.45) is 0 Å². The van der Waals surface area contributed by atoms with E-state index in [2.05, 4.69) is 30.9 Å². The van der Waals surface area contributed by atoms with Crippen LogP contribution >= 0.6 is 28.1 Å². The second kappa shape index (κ2) is 4.20.